The Morgan fingerprint density at radius 2 is 1.80 bits per heavy atom. The van der Waals surface area contributed by atoms with Gasteiger partial charge in [0.1, 0.15) is 5.75 Å². The first-order valence-electron chi connectivity index (χ1n) is 7.26. The lowest BCUT2D eigenvalue weighted by Crippen LogP contribution is -2.34. The van der Waals surface area contributed by atoms with Crippen LogP contribution in [0, 0.1) is 0 Å². The standard InChI is InChI=1S/C18H21NO/c1-3-13-4-6-15(7-5-13)18(2,19)16-8-9-17-14(12-16)10-11-20-17/h4-9,12H,3,10-11,19H2,1-2H3. The van der Waals surface area contributed by atoms with Gasteiger partial charge in [-0.25, -0.2) is 0 Å². The first kappa shape index (κ1) is 13.2. The minimum absolute atomic E-state index is 0.468. The van der Waals surface area contributed by atoms with E-state index in [0.717, 1.165) is 36.3 Å². The highest BCUT2D eigenvalue weighted by atomic mass is 16.5. The molecule has 0 saturated carbocycles. The zero-order chi connectivity index (χ0) is 14.2. The molecule has 3 rings (SSSR count). The maximum atomic E-state index is 6.60. The lowest BCUT2D eigenvalue weighted by Gasteiger charge is -2.26. The van der Waals surface area contributed by atoms with E-state index in [1.807, 2.05) is 6.07 Å². The molecule has 0 fully saturated rings. The van der Waals surface area contributed by atoms with Crippen LogP contribution < -0.4 is 10.5 Å². The number of benzene rings is 2. The highest BCUT2D eigenvalue weighted by molar-refractivity contribution is 5.45. The average Bonchev–Trinajstić information content (AvgIpc) is 2.94. The van der Waals surface area contributed by atoms with Crippen molar-refractivity contribution < 1.29 is 4.74 Å². The summed E-state index contributed by atoms with van der Waals surface area (Å²) in [6.07, 6.45) is 2.03. The quantitative estimate of drug-likeness (QED) is 0.925. The van der Waals surface area contributed by atoms with Crippen molar-refractivity contribution in [3.05, 3.63) is 64.7 Å². The lowest BCUT2D eigenvalue weighted by molar-refractivity contribution is 0.356. The van der Waals surface area contributed by atoms with Crippen LogP contribution in [0.1, 0.15) is 36.1 Å². The molecule has 20 heavy (non-hydrogen) atoms. The Hall–Kier alpha value is -1.80. The Kier molecular flexibility index (Phi) is 3.27. The van der Waals surface area contributed by atoms with Crippen LogP contribution in [0.15, 0.2) is 42.5 Å². The van der Waals surface area contributed by atoms with Gasteiger partial charge in [0.05, 0.1) is 12.1 Å². The second-order valence-corrected chi connectivity index (χ2v) is 5.67. The maximum absolute atomic E-state index is 6.60. The molecule has 2 N–H and O–H groups in total. The summed E-state index contributed by atoms with van der Waals surface area (Å²) in [7, 11) is 0. The SMILES string of the molecule is CCc1ccc(C(C)(N)c2ccc3c(c2)CCO3)cc1. The molecule has 2 aromatic rings. The third-order valence-electron chi connectivity index (χ3n) is 4.25. The van der Waals surface area contributed by atoms with E-state index in [9.17, 15) is 0 Å². The number of aryl methyl sites for hydroxylation is 1. The van der Waals surface area contributed by atoms with Crippen LogP contribution >= 0.6 is 0 Å². The van der Waals surface area contributed by atoms with Gasteiger partial charge in [-0.1, -0.05) is 37.3 Å². The summed E-state index contributed by atoms with van der Waals surface area (Å²) >= 11 is 0. The van der Waals surface area contributed by atoms with Gasteiger partial charge in [0.15, 0.2) is 0 Å². The molecular formula is C18H21NO. The number of rotatable bonds is 3. The zero-order valence-electron chi connectivity index (χ0n) is 12.1. The summed E-state index contributed by atoms with van der Waals surface area (Å²) in [6, 6.07) is 14.9. The van der Waals surface area contributed by atoms with Gasteiger partial charge in [0, 0.05) is 6.42 Å². The number of hydrogen-bond acceptors (Lipinski definition) is 2. The fraction of sp³-hybridized carbons (Fsp3) is 0.333. The van der Waals surface area contributed by atoms with Gasteiger partial charge in [0.2, 0.25) is 0 Å². The summed E-state index contributed by atoms with van der Waals surface area (Å²) in [5.74, 6) is 1.01. The molecule has 104 valence electrons. The van der Waals surface area contributed by atoms with Crippen molar-refractivity contribution in [2.24, 2.45) is 5.73 Å². The van der Waals surface area contributed by atoms with Crippen LogP contribution in [0.2, 0.25) is 0 Å². The van der Waals surface area contributed by atoms with Gasteiger partial charge in [-0.3, -0.25) is 0 Å². The van der Waals surface area contributed by atoms with Gasteiger partial charge in [-0.05, 0) is 47.7 Å². The van der Waals surface area contributed by atoms with Crippen LogP contribution in [-0.2, 0) is 18.4 Å². The largest absolute Gasteiger partial charge is 0.493 e. The van der Waals surface area contributed by atoms with Gasteiger partial charge in [-0.2, -0.15) is 0 Å². The van der Waals surface area contributed by atoms with Crippen molar-refractivity contribution >= 4 is 0 Å². The highest BCUT2D eigenvalue weighted by Crippen LogP contribution is 2.32. The number of nitrogens with two attached hydrogens (primary N) is 1. The molecular weight excluding hydrogens is 246 g/mol. The Balaban J connectivity index is 1.97. The van der Waals surface area contributed by atoms with Gasteiger partial charge in [-0.15, -0.1) is 0 Å². The van der Waals surface area contributed by atoms with Gasteiger partial charge < -0.3 is 10.5 Å². The fourth-order valence-corrected chi connectivity index (χ4v) is 2.76. The second-order valence-electron chi connectivity index (χ2n) is 5.67. The fourth-order valence-electron chi connectivity index (χ4n) is 2.76. The van der Waals surface area contributed by atoms with Crippen LogP contribution in [0.5, 0.6) is 5.75 Å². The molecule has 2 aromatic carbocycles. The summed E-state index contributed by atoms with van der Waals surface area (Å²) in [5, 5.41) is 0. The van der Waals surface area contributed by atoms with Crippen molar-refractivity contribution in [1.29, 1.82) is 0 Å². The molecule has 2 heteroatoms. The zero-order valence-corrected chi connectivity index (χ0v) is 12.1. The van der Waals surface area contributed by atoms with E-state index in [1.165, 1.54) is 11.1 Å². The van der Waals surface area contributed by atoms with Gasteiger partial charge >= 0.3 is 0 Å². The van der Waals surface area contributed by atoms with Crippen molar-refractivity contribution in [2.75, 3.05) is 6.61 Å². The molecule has 0 amide bonds. The maximum Gasteiger partial charge on any atom is 0.122 e. The van der Waals surface area contributed by atoms with Crippen molar-refractivity contribution in [3.8, 4) is 5.75 Å². The van der Waals surface area contributed by atoms with Crippen molar-refractivity contribution in [1.82, 2.24) is 0 Å². The third kappa shape index (κ3) is 2.20. The van der Waals surface area contributed by atoms with Crippen LogP contribution in [0.25, 0.3) is 0 Å². The number of ether oxygens (including phenoxy) is 1. The third-order valence-corrected chi connectivity index (χ3v) is 4.25. The summed E-state index contributed by atoms with van der Waals surface area (Å²) in [6.45, 7) is 5.02. The molecule has 1 aliphatic heterocycles. The predicted molar refractivity (Wildman–Crippen MR) is 82.1 cm³/mol. The molecule has 1 aliphatic rings. The molecule has 0 saturated heterocycles. The normalized spacial score (nSPS) is 16.4. The molecule has 1 atom stereocenters. The Morgan fingerprint density at radius 3 is 2.50 bits per heavy atom. The second kappa shape index (κ2) is 4.95. The Bertz CT molecular complexity index is 614. The number of hydrogen-bond donors (Lipinski definition) is 1. The lowest BCUT2D eigenvalue weighted by atomic mass is 9.84. The van der Waals surface area contributed by atoms with E-state index in [0.29, 0.717) is 0 Å². The molecule has 0 aliphatic carbocycles. The van der Waals surface area contributed by atoms with E-state index in [2.05, 4.69) is 50.2 Å². The molecule has 1 heterocycles. The Labute approximate surface area is 120 Å². The molecule has 0 radical (unpaired) electrons. The van der Waals surface area contributed by atoms with E-state index < -0.39 is 5.54 Å². The van der Waals surface area contributed by atoms with E-state index in [-0.39, 0.29) is 0 Å². The van der Waals surface area contributed by atoms with Crippen LogP contribution in [-0.4, -0.2) is 6.61 Å². The van der Waals surface area contributed by atoms with Crippen molar-refractivity contribution in [3.63, 3.8) is 0 Å². The first-order chi connectivity index (χ1) is 9.61. The van der Waals surface area contributed by atoms with Gasteiger partial charge in [0.25, 0.3) is 0 Å². The smallest absolute Gasteiger partial charge is 0.122 e. The predicted octanol–water partition coefficient (Wildman–Crippen LogP) is 3.41. The Morgan fingerprint density at radius 1 is 1.10 bits per heavy atom. The van der Waals surface area contributed by atoms with E-state index in [4.69, 9.17) is 10.5 Å². The monoisotopic (exact) mass is 267 g/mol. The summed E-state index contributed by atoms with van der Waals surface area (Å²) < 4.78 is 5.56. The van der Waals surface area contributed by atoms with Crippen LogP contribution in [0.4, 0.5) is 0 Å². The van der Waals surface area contributed by atoms with E-state index in [1.54, 1.807) is 0 Å². The van der Waals surface area contributed by atoms with Crippen molar-refractivity contribution in [2.45, 2.75) is 32.2 Å². The molecule has 2 nitrogen and oxygen atoms in total. The van der Waals surface area contributed by atoms with Crippen LogP contribution in [0.3, 0.4) is 0 Å². The topological polar surface area (TPSA) is 35.2 Å². The first-order valence-corrected chi connectivity index (χ1v) is 7.26. The average molecular weight is 267 g/mol. The van der Waals surface area contributed by atoms with E-state index >= 15 is 0 Å². The number of fused-ring (bicyclic) bond motifs is 1. The summed E-state index contributed by atoms with van der Waals surface area (Å²) in [4.78, 5) is 0. The molecule has 1 unspecified atom stereocenters. The minimum Gasteiger partial charge on any atom is -0.493 e. The minimum atomic E-state index is -0.468. The molecule has 0 spiro atoms. The summed E-state index contributed by atoms with van der Waals surface area (Å²) in [5.41, 5.74) is 11.0. The molecule has 0 bridgehead atoms. The highest BCUT2D eigenvalue weighted by Gasteiger charge is 2.25. The molecule has 0 aromatic heterocycles.